The van der Waals surface area contributed by atoms with E-state index in [4.69, 9.17) is 4.74 Å². The normalized spacial score (nSPS) is 15.1. The minimum absolute atomic E-state index is 0.0561. The molecule has 0 aromatic carbocycles. The number of ether oxygens (including phenoxy) is 1. The van der Waals surface area contributed by atoms with Gasteiger partial charge in [-0.2, -0.15) is 0 Å². The van der Waals surface area contributed by atoms with E-state index in [1.807, 2.05) is 13.8 Å². The SMILES string of the molecule is CCOC(=O)N1CCC(NC(=NCC(=O)N(C)C)NCCc2nc(C)c(C)s2)CC1. The number of piperidine rings is 1. The summed E-state index contributed by atoms with van der Waals surface area (Å²) >= 11 is 1.71. The minimum atomic E-state index is -0.256. The number of hydrogen-bond acceptors (Lipinski definition) is 6. The van der Waals surface area contributed by atoms with Gasteiger partial charge in [-0.25, -0.2) is 14.8 Å². The highest BCUT2D eigenvalue weighted by Gasteiger charge is 2.24. The highest BCUT2D eigenvalue weighted by molar-refractivity contribution is 7.11. The van der Waals surface area contributed by atoms with Gasteiger partial charge in [0.25, 0.3) is 0 Å². The quantitative estimate of drug-likeness (QED) is 0.495. The lowest BCUT2D eigenvalue weighted by Crippen LogP contribution is -2.50. The van der Waals surface area contributed by atoms with E-state index < -0.39 is 0 Å². The molecule has 2 rings (SSSR count). The molecule has 1 aliphatic rings. The van der Waals surface area contributed by atoms with Crippen LogP contribution in [0.5, 0.6) is 0 Å². The molecule has 1 aromatic heterocycles. The Balaban J connectivity index is 1.90. The molecule has 2 amide bonds. The Morgan fingerprint density at radius 1 is 1.30 bits per heavy atom. The van der Waals surface area contributed by atoms with Crippen molar-refractivity contribution in [1.82, 2.24) is 25.4 Å². The molecule has 0 radical (unpaired) electrons. The largest absolute Gasteiger partial charge is 0.450 e. The van der Waals surface area contributed by atoms with Crippen LogP contribution in [-0.2, 0) is 16.0 Å². The van der Waals surface area contributed by atoms with E-state index in [0.29, 0.717) is 32.2 Å². The Bertz CT molecular complexity index is 721. The standard InChI is InChI=1S/C20H34N6O3S/c1-6-29-20(28)26-11-8-16(9-12-26)24-19(22-13-18(27)25(4)5)21-10-7-17-23-14(2)15(3)30-17/h16H,6-13H2,1-5H3,(H2,21,22,24). The molecule has 1 saturated heterocycles. The molecule has 168 valence electrons. The Labute approximate surface area is 182 Å². The molecule has 0 atom stereocenters. The zero-order valence-electron chi connectivity index (χ0n) is 18.7. The summed E-state index contributed by atoms with van der Waals surface area (Å²) in [6.45, 7) is 8.33. The van der Waals surface area contributed by atoms with E-state index >= 15 is 0 Å². The number of aryl methyl sites for hydroxylation is 2. The van der Waals surface area contributed by atoms with E-state index in [2.05, 4.69) is 27.5 Å². The van der Waals surface area contributed by atoms with Crippen LogP contribution >= 0.6 is 11.3 Å². The summed E-state index contributed by atoms with van der Waals surface area (Å²) in [5, 5.41) is 7.83. The van der Waals surface area contributed by atoms with Gasteiger partial charge >= 0.3 is 6.09 Å². The topological polar surface area (TPSA) is 99.2 Å². The van der Waals surface area contributed by atoms with E-state index in [-0.39, 0.29) is 24.6 Å². The van der Waals surface area contributed by atoms with Gasteiger partial charge in [0.05, 0.1) is 17.3 Å². The van der Waals surface area contributed by atoms with Crippen LogP contribution in [0, 0.1) is 13.8 Å². The van der Waals surface area contributed by atoms with Crippen LogP contribution in [0.3, 0.4) is 0 Å². The number of thiazole rings is 1. The van der Waals surface area contributed by atoms with Gasteiger partial charge in [0.1, 0.15) is 6.54 Å². The monoisotopic (exact) mass is 438 g/mol. The van der Waals surface area contributed by atoms with E-state index in [9.17, 15) is 9.59 Å². The number of likely N-dealkylation sites (tertiary alicyclic amines) is 1. The Morgan fingerprint density at radius 2 is 2.00 bits per heavy atom. The predicted octanol–water partition coefficient (Wildman–Crippen LogP) is 1.55. The number of nitrogens with one attached hydrogen (secondary N) is 2. The lowest BCUT2D eigenvalue weighted by atomic mass is 10.1. The van der Waals surface area contributed by atoms with Crippen LogP contribution in [0.1, 0.15) is 35.3 Å². The van der Waals surface area contributed by atoms with Crippen LogP contribution in [-0.4, -0.2) is 85.7 Å². The zero-order chi connectivity index (χ0) is 22.1. The number of rotatable bonds is 7. The maximum atomic E-state index is 12.0. The van der Waals surface area contributed by atoms with E-state index in [1.54, 1.807) is 30.3 Å². The molecule has 9 nitrogen and oxygen atoms in total. The highest BCUT2D eigenvalue weighted by Crippen LogP contribution is 2.16. The van der Waals surface area contributed by atoms with E-state index in [1.165, 1.54) is 9.78 Å². The highest BCUT2D eigenvalue weighted by atomic mass is 32.1. The van der Waals surface area contributed by atoms with Gasteiger partial charge in [0.15, 0.2) is 5.96 Å². The van der Waals surface area contributed by atoms with Crippen molar-refractivity contribution in [2.24, 2.45) is 4.99 Å². The molecule has 1 aliphatic heterocycles. The van der Waals surface area contributed by atoms with Gasteiger partial charge in [0, 0.05) is 51.1 Å². The first-order valence-electron chi connectivity index (χ1n) is 10.4. The van der Waals surface area contributed by atoms with Gasteiger partial charge in [-0.05, 0) is 33.6 Å². The molecule has 1 fully saturated rings. The second kappa shape index (κ2) is 11.7. The van der Waals surface area contributed by atoms with Crippen LogP contribution < -0.4 is 10.6 Å². The number of guanidine groups is 1. The smallest absolute Gasteiger partial charge is 0.409 e. The number of nitrogens with zero attached hydrogens (tertiary/aromatic N) is 4. The number of hydrogen-bond donors (Lipinski definition) is 2. The fraction of sp³-hybridized carbons (Fsp3) is 0.700. The summed E-state index contributed by atoms with van der Waals surface area (Å²) in [7, 11) is 3.44. The molecule has 0 saturated carbocycles. The first kappa shape index (κ1) is 23.9. The van der Waals surface area contributed by atoms with Crippen LogP contribution in [0.25, 0.3) is 0 Å². The molecule has 2 N–H and O–H groups in total. The van der Waals surface area contributed by atoms with Crippen molar-refractivity contribution in [2.75, 3.05) is 46.9 Å². The summed E-state index contributed by atoms with van der Waals surface area (Å²) < 4.78 is 5.07. The number of aromatic nitrogens is 1. The average Bonchev–Trinajstić information content (AvgIpc) is 3.03. The van der Waals surface area contributed by atoms with Gasteiger partial charge in [-0.1, -0.05) is 0 Å². The number of amides is 2. The summed E-state index contributed by atoms with van der Waals surface area (Å²) in [5.41, 5.74) is 1.08. The van der Waals surface area contributed by atoms with Gasteiger partial charge in [-0.15, -0.1) is 11.3 Å². The second-order valence-electron chi connectivity index (χ2n) is 7.48. The summed E-state index contributed by atoms with van der Waals surface area (Å²) in [5.74, 6) is 0.559. The third kappa shape index (κ3) is 7.47. The summed E-state index contributed by atoms with van der Waals surface area (Å²) in [4.78, 5) is 37.3. The van der Waals surface area contributed by atoms with Crippen molar-refractivity contribution >= 4 is 29.3 Å². The summed E-state index contributed by atoms with van der Waals surface area (Å²) in [6.07, 6.45) is 2.13. The van der Waals surface area contributed by atoms with Crippen LogP contribution in [0.15, 0.2) is 4.99 Å². The number of likely N-dealkylation sites (N-methyl/N-ethyl adjacent to an activating group) is 1. The maximum absolute atomic E-state index is 12.0. The molecule has 30 heavy (non-hydrogen) atoms. The Hall–Kier alpha value is -2.36. The van der Waals surface area contributed by atoms with Crippen molar-refractivity contribution in [2.45, 2.75) is 46.1 Å². The third-order valence-corrected chi connectivity index (χ3v) is 6.07. The van der Waals surface area contributed by atoms with Gasteiger partial charge in [0.2, 0.25) is 5.91 Å². The third-order valence-electron chi connectivity index (χ3n) is 4.94. The average molecular weight is 439 g/mol. The summed E-state index contributed by atoms with van der Waals surface area (Å²) in [6, 6.07) is 0.181. The van der Waals surface area contributed by atoms with Crippen LogP contribution in [0.4, 0.5) is 4.79 Å². The molecule has 0 aliphatic carbocycles. The Morgan fingerprint density at radius 3 is 2.57 bits per heavy atom. The maximum Gasteiger partial charge on any atom is 0.409 e. The lowest BCUT2D eigenvalue weighted by Gasteiger charge is -2.32. The number of aliphatic imine (C=N–C) groups is 1. The second-order valence-corrected chi connectivity index (χ2v) is 8.77. The Kier molecular flexibility index (Phi) is 9.35. The zero-order valence-corrected chi connectivity index (χ0v) is 19.5. The lowest BCUT2D eigenvalue weighted by molar-refractivity contribution is -0.127. The van der Waals surface area contributed by atoms with Gasteiger partial charge < -0.3 is 25.2 Å². The first-order chi connectivity index (χ1) is 14.3. The molecule has 0 spiro atoms. The fourth-order valence-corrected chi connectivity index (χ4v) is 3.92. The number of carbonyl (C=O) groups excluding carboxylic acids is 2. The molecule has 0 bridgehead atoms. The minimum Gasteiger partial charge on any atom is -0.450 e. The molecular weight excluding hydrogens is 404 g/mol. The molecular formula is C20H34N6O3S. The molecule has 2 heterocycles. The van der Waals surface area contributed by atoms with Gasteiger partial charge in [-0.3, -0.25) is 4.79 Å². The molecule has 0 unspecified atom stereocenters. The predicted molar refractivity (Wildman–Crippen MR) is 119 cm³/mol. The van der Waals surface area contributed by atoms with E-state index in [0.717, 1.165) is 30.0 Å². The van der Waals surface area contributed by atoms with Crippen molar-refractivity contribution in [3.8, 4) is 0 Å². The number of carbonyl (C=O) groups is 2. The van der Waals surface area contributed by atoms with Crippen molar-refractivity contribution < 1.29 is 14.3 Å². The molecule has 10 heteroatoms. The van der Waals surface area contributed by atoms with Crippen molar-refractivity contribution in [3.05, 3.63) is 15.6 Å². The molecule has 1 aromatic rings. The fourth-order valence-electron chi connectivity index (χ4n) is 2.99. The first-order valence-corrected chi connectivity index (χ1v) is 11.2. The van der Waals surface area contributed by atoms with Crippen molar-refractivity contribution in [1.29, 1.82) is 0 Å². The van der Waals surface area contributed by atoms with Crippen LogP contribution in [0.2, 0.25) is 0 Å². The van der Waals surface area contributed by atoms with Crippen molar-refractivity contribution in [3.63, 3.8) is 0 Å².